The lowest BCUT2D eigenvalue weighted by atomic mass is 10.2. The minimum absolute atomic E-state index is 0.168. The summed E-state index contributed by atoms with van der Waals surface area (Å²) in [6.45, 7) is 4.10. The van der Waals surface area contributed by atoms with Crippen LogP contribution in [0.1, 0.15) is 13.8 Å². The molecule has 0 saturated heterocycles. The molecule has 3 heteroatoms. The summed E-state index contributed by atoms with van der Waals surface area (Å²) in [6, 6.07) is 5.18. The van der Waals surface area contributed by atoms with Crippen molar-refractivity contribution < 1.29 is 4.39 Å². The summed E-state index contributed by atoms with van der Waals surface area (Å²) in [6.07, 6.45) is 0. The van der Waals surface area contributed by atoms with Crippen LogP contribution in [0, 0.1) is 5.82 Å². The van der Waals surface area contributed by atoms with Crippen LogP contribution in [0.5, 0.6) is 0 Å². The van der Waals surface area contributed by atoms with Crippen molar-refractivity contribution in [1.29, 1.82) is 0 Å². The molecule has 0 bridgehead atoms. The Hall–Kier alpha value is -0.760. The zero-order valence-corrected chi connectivity index (χ0v) is 8.77. The quantitative estimate of drug-likeness (QED) is 0.710. The number of hydrogen-bond donors (Lipinski definition) is 0. The van der Waals surface area contributed by atoms with E-state index in [4.69, 9.17) is 11.6 Å². The topological polar surface area (TPSA) is 3.24 Å². The average molecular weight is 202 g/mol. The number of rotatable bonds is 2. The SMILES string of the molecule is CC(C)N(C)c1ccc(Cl)c(F)c1. The van der Waals surface area contributed by atoms with Crippen LogP contribution in [0.3, 0.4) is 0 Å². The lowest BCUT2D eigenvalue weighted by Gasteiger charge is -2.23. The Bertz CT molecular complexity index is 299. The predicted octanol–water partition coefficient (Wildman–Crippen LogP) is 3.32. The molecule has 0 radical (unpaired) electrons. The van der Waals surface area contributed by atoms with Gasteiger partial charge in [0.15, 0.2) is 0 Å². The van der Waals surface area contributed by atoms with Crippen molar-refractivity contribution >= 4 is 17.3 Å². The number of benzene rings is 1. The maximum Gasteiger partial charge on any atom is 0.143 e. The molecule has 0 amide bonds. The molecule has 72 valence electrons. The molecular weight excluding hydrogens is 189 g/mol. The Morgan fingerprint density at radius 3 is 2.46 bits per heavy atom. The molecule has 0 aliphatic carbocycles. The van der Waals surface area contributed by atoms with Crippen molar-refractivity contribution in [2.75, 3.05) is 11.9 Å². The summed E-state index contributed by atoms with van der Waals surface area (Å²) in [4.78, 5) is 1.99. The molecule has 1 nitrogen and oxygen atoms in total. The molecule has 0 unspecified atom stereocenters. The van der Waals surface area contributed by atoms with Crippen LogP contribution < -0.4 is 4.90 Å². The number of halogens is 2. The highest BCUT2D eigenvalue weighted by Crippen LogP contribution is 2.21. The highest BCUT2D eigenvalue weighted by molar-refractivity contribution is 6.30. The molecule has 0 N–H and O–H groups in total. The van der Waals surface area contributed by atoms with Crippen LogP contribution in [-0.4, -0.2) is 13.1 Å². The van der Waals surface area contributed by atoms with Crippen molar-refractivity contribution in [2.45, 2.75) is 19.9 Å². The van der Waals surface area contributed by atoms with Gasteiger partial charge in [-0.05, 0) is 32.0 Å². The Morgan fingerprint density at radius 2 is 2.00 bits per heavy atom. The Kier molecular flexibility index (Phi) is 3.15. The van der Waals surface area contributed by atoms with Crippen molar-refractivity contribution in [3.8, 4) is 0 Å². The molecule has 0 aliphatic rings. The highest BCUT2D eigenvalue weighted by atomic mass is 35.5. The third-order valence-electron chi connectivity index (χ3n) is 2.09. The first-order valence-corrected chi connectivity index (χ1v) is 4.58. The van der Waals surface area contributed by atoms with Gasteiger partial charge in [0.05, 0.1) is 5.02 Å². The summed E-state index contributed by atoms with van der Waals surface area (Å²) < 4.78 is 13.0. The molecule has 1 aromatic carbocycles. The fourth-order valence-electron chi connectivity index (χ4n) is 1.00. The molecule has 1 aromatic rings. The number of hydrogen-bond acceptors (Lipinski definition) is 1. The van der Waals surface area contributed by atoms with Crippen LogP contribution >= 0.6 is 11.6 Å². The zero-order valence-electron chi connectivity index (χ0n) is 8.01. The van der Waals surface area contributed by atoms with Gasteiger partial charge in [0.2, 0.25) is 0 Å². The highest BCUT2D eigenvalue weighted by Gasteiger charge is 2.07. The van der Waals surface area contributed by atoms with Gasteiger partial charge in [0, 0.05) is 18.8 Å². The van der Waals surface area contributed by atoms with Crippen LogP contribution in [0.25, 0.3) is 0 Å². The number of anilines is 1. The summed E-state index contributed by atoms with van der Waals surface area (Å²) in [5.41, 5.74) is 0.844. The molecule has 13 heavy (non-hydrogen) atoms. The van der Waals surface area contributed by atoms with E-state index in [0.29, 0.717) is 6.04 Å². The van der Waals surface area contributed by atoms with Gasteiger partial charge in [-0.25, -0.2) is 4.39 Å². The molecule has 0 atom stereocenters. The third kappa shape index (κ3) is 2.34. The van der Waals surface area contributed by atoms with Gasteiger partial charge in [-0.15, -0.1) is 0 Å². The van der Waals surface area contributed by atoms with E-state index >= 15 is 0 Å². The summed E-state index contributed by atoms with van der Waals surface area (Å²) >= 11 is 5.57. The fraction of sp³-hybridized carbons (Fsp3) is 0.400. The Labute approximate surface area is 83.1 Å². The third-order valence-corrected chi connectivity index (χ3v) is 2.39. The average Bonchev–Trinajstić information content (AvgIpc) is 2.08. The van der Waals surface area contributed by atoms with Crippen LogP contribution in [0.2, 0.25) is 5.02 Å². The van der Waals surface area contributed by atoms with Gasteiger partial charge in [0.1, 0.15) is 5.82 Å². The second kappa shape index (κ2) is 3.97. The van der Waals surface area contributed by atoms with E-state index in [2.05, 4.69) is 0 Å². The second-order valence-corrected chi connectivity index (χ2v) is 3.71. The predicted molar refractivity (Wildman–Crippen MR) is 54.9 cm³/mol. The van der Waals surface area contributed by atoms with Gasteiger partial charge in [0.25, 0.3) is 0 Å². The van der Waals surface area contributed by atoms with Crippen LogP contribution in [-0.2, 0) is 0 Å². The van der Waals surface area contributed by atoms with Gasteiger partial charge < -0.3 is 4.90 Å². The van der Waals surface area contributed by atoms with Gasteiger partial charge in [-0.2, -0.15) is 0 Å². The van der Waals surface area contributed by atoms with E-state index in [1.165, 1.54) is 6.07 Å². The fourth-order valence-corrected chi connectivity index (χ4v) is 1.12. The van der Waals surface area contributed by atoms with Gasteiger partial charge in [-0.3, -0.25) is 0 Å². The van der Waals surface area contributed by atoms with E-state index in [-0.39, 0.29) is 10.8 Å². The standard InChI is InChI=1S/C10H13ClFN/c1-7(2)13(3)8-4-5-9(11)10(12)6-8/h4-7H,1-3H3. The van der Waals surface area contributed by atoms with E-state index in [9.17, 15) is 4.39 Å². The van der Waals surface area contributed by atoms with Crippen LogP contribution in [0.15, 0.2) is 18.2 Å². The van der Waals surface area contributed by atoms with Crippen molar-refractivity contribution in [2.24, 2.45) is 0 Å². The maximum absolute atomic E-state index is 13.0. The summed E-state index contributed by atoms with van der Waals surface area (Å²) in [7, 11) is 1.92. The van der Waals surface area contributed by atoms with E-state index in [0.717, 1.165) is 5.69 Å². The number of nitrogens with zero attached hydrogens (tertiary/aromatic N) is 1. The van der Waals surface area contributed by atoms with Gasteiger partial charge >= 0.3 is 0 Å². The molecule has 0 heterocycles. The molecule has 0 aromatic heterocycles. The minimum atomic E-state index is -0.369. The van der Waals surface area contributed by atoms with Crippen molar-refractivity contribution in [1.82, 2.24) is 0 Å². The Balaban J connectivity index is 2.97. The lowest BCUT2D eigenvalue weighted by Crippen LogP contribution is -2.25. The first kappa shape index (κ1) is 10.3. The van der Waals surface area contributed by atoms with Crippen molar-refractivity contribution in [3.05, 3.63) is 29.0 Å². The summed E-state index contributed by atoms with van der Waals surface area (Å²) in [5.74, 6) is -0.369. The molecular formula is C10H13ClFN. The van der Waals surface area contributed by atoms with E-state index in [1.807, 2.05) is 31.9 Å². The largest absolute Gasteiger partial charge is 0.372 e. The molecule has 1 rings (SSSR count). The van der Waals surface area contributed by atoms with E-state index in [1.54, 1.807) is 6.07 Å². The lowest BCUT2D eigenvalue weighted by molar-refractivity contribution is 0.626. The molecule has 0 aliphatic heterocycles. The Morgan fingerprint density at radius 1 is 1.38 bits per heavy atom. The monoisotopic (exact) mass is 201 g/mol. The molecule has 0 spiro atoms. The van der Waals surface area contributed by atoms with E-state index < -0.39 is 0 Å². The minimum Gasteiger partial charge on any atom is -0.372 e. The first-order valence-electron chi connectivity index (χ1n) is 4.20. The first-order chi connectivity index (χ1) is 6.02. The normalized spacial score (nSPS) is 10.6. The zero-order chi connectivity index (χ0) is 10.0. The molecule has 0 saturated carbocycles. The van der Waals surface area contributed by atoms with Gasteiger partial charge in [-0.1, -0.05) is 11.6 Å². The summed E-state index contributed by atoms with van der Waals surface area (Å²) in [5, 5.41) is 0.168. The smallest absolute Gasteiger partial charge is 0.143 e. The molecule has 0 fully saturated rings. The van der Waals surface area contributed by atoms with Crippen molar-refractivity contribution in [3.63, 3.8) is 0 Å². The second-order valence-electron chi connectivity index (χ2n) is 3.30. The maximum atomic E-state index is 13.0. The van der Waals surface area contributed by atoms with Crippen LogP contribution in [0.4, 0.5) is 10.1 Å².